The molecule has 1 aromatic rings. The van der Waals surface area contributed by atoms with Gasteiger partial charge in [-0.25, -0.2) is 0 Å². The molecule has 0 radical (unpaired) electrons. The first kappa shape index (κ1) is 28.4. The fraction of sp³-hybridized carbons (Fsp3) is 0.769. The Morgan fingerprint density at radius 1 is 0.724 bits per heavy atom. The molecule has 0 amide bonds. The Balaban J connectivity index is 0.00000784. The molecule has 0 heterocycles. The Labute approximate surface area is 188 Å². The summed E-state index contributed by atoms with van der Waals surface area (Å²) in [6.45, 7) is 6.85. The van der Waals surface area contributed by atoms with Crippen molar-refractivity contribution in [3.05, 3.63) is 35.9 Å². The Morgan fingerprint density at radius 3 is 1.69 bits per heavy atom. The molecular weight excluding hydrogens is 376 g/mol. The molecule has 0 fully saturated rings. The highest BCUT2D eigenvalue weighted by molar-refractivity contribution is 5.13. The van der Waals surface area contributed by atoms with Gasteiger partial charge in [-0.05, 0) is 6.42 Å². The van der Waals surface area contributed by atoms with Gasteiger partial charge in [-0.3, -0.25) is 5.32 Å². The van der Waals surface area contributed by atoms with Crippen molar-refractivity contribution in [2.75, 3.05) is 20.6 Å². The first-order valence-corrected chi connectivity index (χ1v) is 12.2. The van der Waals surface area contributed by atoms with Crippen LogP contribution in [-0.2, 0) is 6.54 Å². The summed E-state index contributed by atoms with van der Waals surface area (Å²) in [7, 11) is 4.72. The molecular formula is C26H49ClN2. The van der Waals surface area contributed by atoms with E-state index in [9.17, 15) is 0 Å². The van der Waals surface area contributed by atoms with Crippen molar-refractivity contribution >= 4 is 0 Å². The van der Waals surface area contributed by atoms with E-state index in [4.69, 9.17) is 0 Å². The Bertz CT molecular complexity index is 461. The summed E-state index contributed by atoms with van der Waals surface area (Å²) >= 11 is 0. The second kappa shape index (κ2) is 18.2. The standard InChI is InChI=1S/C26H49N2.ClH/c1-5-7-8-9-10-11-12-13-14-15-16-20-23-27-26(6-2)28(3,4)24-25-21-18-17-19-22-25;/h17-19,21-22,26-27H,5-16,20,23-24H2,1-4H3;1H/q+1;/p-1. The number of nitrogens with one attached hydrogen (secondary N) is 1. The monoisotopic (exact) mass is 424 g/mol. The molecule has 0 saturated heterocycles. The van der Waals surface area contributed by atoms with Gasteiger partial charge in [0.1, 0.15) is 12.7 Å². The lowest BCUT2D eigenvalue weighted by Gasteiger charge is -2.38. The number of hydrogen-bond donors (Lipinski definition) is 1. The molecule has 1 unspecified atom stereocenters. The average molecular weight is 425 g/mol. The second-order valence-corrected chi connectivity index (χ2v) is 9.19. The van der Waals surface area contributed by atoms with E-state index in [1.165, 1.54) is 89.0 Å². The largest absolute Gasteiger partial charge is 1.00 e. The van der Waals surface area contributed by atoms with Crippen LogP contribution in [0, 0.1) is 0 Å². The van der Waals surface area contributed by atoms with Crippen LogP contribution in [0.25, 0.3) is 0 Å². The Hall–Kier alpha value is -0.570. The Kier molecular flexibility index (Phi) is 17.9. The van der Waals surface area contributed by atoms with Crippen LogP contribution in [0.1, 0.15) is 103 Å². The van der Waals surface area contributed by atoms with Crippen LogP contribution >= 0.6 is 0 Å². The van der Waals surface area contributed by atoms with Crippen molar-refractivity contribution in [1.82, 2.24) is 5.32 Å². The van der Waals surface area contributed by atoms with Gasteiger partial charge in [-0.1, -0.05) is 115 Å². The van der Waals surface area contributed by atoms with Crippen molar-refractivity contribution in [2.24, 2.45) is 0 Å². The third-order valence-corrected chi connectivity index (χ3v) is 6.07. The summed E-state index contributed by atoms with van der Waals surface area (Å²) in [6, 6.07) is 10.9. The molecule has 3 heteroatoms. The molecule has 1 atom stereocenters. The van der Waals surface area contributed by atoms with Gasteiger partial charge in [-0.2, -0.15) is 0 Å². The van der Waals surface area contributed by atoms with Crippen molar-refractivity contribution < 1.29 is 16.9 Å². The molecule has 0 aliphatic rings. The zero-order chi connectivity index (χ0) is 20.5. The highest BCUT2D eigenvalue weighted by Crippen LogP contribution is 2.15. The van der Waals surface area contributed by atoms with E-state index in [-0.39, 0.29) is 12.4 Å². The van der Waals surface area contributed by atoms with Gasteiger partial charge >= 0.3 is 0 Å². The molecule has 0 bridgehead atoms. The summed E-state index contributed by atoms with van der Waals surface area (Å²) in [6.07, 6.45) is 18.8. The quantitative estimate of drug-likeness (QED) is 0.210. The summed E-state index contributed by atoms with van der Waals surface area (Å²) < 4.78 is 1.01. The van der Waals surface area contributed by atoms with Crippen LogP contribution < -0.4 is 17.7 Å². The van der Waals surface area contributed by atoms with Gasteiger partial charge in [0.2, 0.25) is 0 Å². The van der Waals surface area contributed by atoms with Gasteiger partial charge in [-0.15, -0.1) is 0 Å². The SMILES string of the molecule is CCCCCCCCCCCCCCNC(CC)[N+](C)(C)Cc1ccccc1.[Cl-]. The maximum absolute atomic E-state index is 3.84. The molecule has 1 aromatic carbocycles. The summed E-state index contributed by atoms with van der Waals surface area (Å²) in [5, 5.41) is 3.84. The topological polar surface area (TPSA) is 12.0 Å². The predicted octanol–water partition coefficient (Wildman–Crippen LogP) is 4.29. The zero-order valence-corrected chi connectivity index (χ0v) is 20.7. The zero-order valence-electron chi connectivity index (χ0n) is 19.9. The van der Waals surface area contributed by atoms with Crippen LogP contribution in [0.4, 0.5) is 0 Å². The van der Waals surface area contributed by atoms with Gasteiger partial charge < -0.3 is 16.9 Å². The molecule has 0 saturated carbocycles. The highest BCUT2D eigenvalue weighted by atomic mass is 35.5. The fourth-order valence-corrected chi connectivity index (χ4v) is 4.28. The third kappa shape index (κ3) is 14.1. The normalized spacial score (nSPS) is 12.6. The summed E-state index contributed by atoms with van der Waals surface area (Å²) in [5.41, 5.74) is 1.43. The first-order valence-electron chi connectivity index (χ1n) is 12.2. The molecule has 1 N–H and O–H groups in total. The van der Waals surface area contributed by atoms with Crippen molar-refractivity contribution in [1.29, 1.82) is 0 Å². The fourth-order valence-electron chi connectivity index (χ4n) is 4.28. The van der Waals surface area contributed by atoms with E-state index < -0.39 is 0 Å². The molecule has 1 rings (SSSR count). The number of hydrogen-bond acceptors (Lipinski definition) is 1. The van der Waals surface area contributed by atoms with E-state index in [1.54, 1.807) is 0 Å². The maximum Gasteiger partial charge on any atom is 0.142 e. The summed E-state index contributed by atoms with van der Waals surface area (Å²) in [4.78, 5) is 0. The lowest BCUT2D eigenvalue weighted by atomic mass is 10.1. The van der Waals surface area contributed by atoms with E-state index in [2.05, 4.69) is 63.6 Å². The van der Waals surface area contributed by atoms with Crippen LogP contribution in [0.15, 0.2) is 30.3 Å². The van der Waals surface area contributed by atoms with Gasteiger partial charge in [0.25, 0.3) is 0 Å². The molecule has 0 spiro atoms. The minimum Gasteiger partial charge on any atom is -1.00 e. The molecule has 2 nitrogen and oxygen atoms in total. The number of nitrogens with zero attached hydrogens (tertiary/aromatic N) is 1. The van der Waals surface area contributed by atoms with Gasteiger partial charge in [0.15, 0.2) is 0 Å². The lowest BCUT2D eigenvalue weighted by molar-refractivity contribution is -0.931. The van der Waals surface area contributed by atoms with E-state index in [1.807, 2.05) is 0 Å². The number of halogens is 1. The number of quaternary nitrogens is 1. The lowest BCUT2D eigenvalue weighted by Crippen LogP contribution is -3.00. The van der Waals surface area contributed by atoms with Gasteiger partial charge in [0.05, 0.1) is 14.1 Å². The van der Waals surface area contributed by atoms with E-state index in [0.717, 1.165) is 17.6 Å². The third-order valence-electron chi connectivity index (χ3n) is 6.07. The van der Waals surface area contributed by atoms with Crippen LogP contribution in [-0.4, -0.2) is 31.3 Å². The Morgan fingerprint density at radius 2 is 1.21 bits per heavy atom. The summed E-state index contributed by atoms with van der Waals surface area (Å²) in [5.74, 6) is 0. The number of rotatable bonds is 18. The van der Waals surface area contributed by atoms with Crippen LogP contribution in [0.3, 0.4) is 0 Å². The van der Waals surface area contributed by atoms with Crippen LogP contribution in [0.2, 0.25) is 0 Å². The molecule has 170 valence electrons. The van der Waals surface area contributed by atoms with Crippen molar-refractivity contribution in [3.8, 4) is 0 Å². The molecule has 0 aliphatic carbocycles. The maximum atomic E-state index is 3.84. The smallest absolute Gasteiger partial charge is 0.142 e. The van der Waals surface area contributed by atoms with Crippen LogP contribution in [0.5, 0.6) is 0 Å². The molecule has 29 heavy (non-hydrogen) atoms. The molecule has 0 aromatic heterocycles. The average Bonchev–Trinajstić information content (AvgIpc) is 2.68. The minimum atomic E-state index is 0. The van der Waals surface area contributed by atoms with Gasteiger partial charge in [0, 0.05) is 18.5 Å². The second-order valence-electron chi connectivity index (χ2n) is 9.19. The van der Waals surface area contributed by atoms with E-state index in [0.29, 0.717) is 6.17 Å². The first-order chi connectivity index (χ1) is 13.6. The number of unbranched alkanes of at least 4 members (excludes halogenated alkanes) is 11. The van der Waals surface area contributed by atoms with E-state index >= 15 is 0 Å². The minimum absolute atomic E-state index is 0. The van der Waals surface area contributed by atoms with Crippen molar-refractivity contribution in [3.63, 3.8) is 0 Å². The van der Waals surface area contributed by atoms with Crippen molar-refractivity contribution in [2.45, 2.75) is 110 Å². The highest BCUT2D eigenvalue weighted by Gasteiger charge is 2.26. The predicted molar refractivity (Wildman–Crippen MR) is 125 cm³/mol. The molecule has 0 aliphatic heterocycles. The number of benzene rings is 1.